The van der Waals surface area contributed by atoms with Gasteiger partial charge in [0.25, 0.3) is 0 Å². The summed E-state index contributed by atoms with van der Waals surface area (Å²) in [5, 5.41) is 8.46. The predicted octanol–water partition coefficient (Wildman–Crippen LogP) is 5.18. The van der Waals surface area contributed by atoms with Crippen LogP contribution in [0.1, 0.15) is 70.2 Å². The van der Waals surface area contributed by atoms with E-state index in [1.165, 1.54) is 11.3 Å². The first-order valence-corrected chi connectivity index (χ1v) is 13.3. The van der Waals surface area contributed by atoms with Crippen molar-refractivity contribution in [2.45, 2.75) is 83.4 Å². The molecule has 2 aliphatic carbocycles. The fourth-order valence-corrected chi connectivity index (χ4v) is 6.36. The lowest BCUT2D eigenvalue weighted by atomic mass is 9.84. The minimum absolute atomic E-state index is 0.0282. The molecular weight excluding hydrogens is 418 g/mol. The molecule has 0 bridgehead atoms. The number of hydrogen-bond acceptors (Lipinski definition) is 4. The fraction of sp³-hybridized carbons (Fsp3) is 0.615. The van der Waals surface area contributed by atoms with Crippen LogP contribution in [0.2, 0.25) is 0 Å². The molecular formula is C26H35N3O2S. The minimum Gasteiger partial charge on any atom is -0.490 e. The second-order valence-corrected chi connectivity index (χ2v) is 11.5. The number of amides is 1. The topological polar surface area (TPSA) is 56.2 Å². The van der Waals surface area contributed by atoms with Gasteiger partial charge in [0.15, 0.2) is 0 Å². The Morgan fingerprint density at radius 1 is 1.25 bits per heavy atom. The number of nitrogens with one attached hydrogen (secondary N) is 1. The van der Waals surface area contributed by atoms with E-state index in [4.69, 9.17) is 9.84 Å². The molecule has 5 rings (SSSR count). The van der Waals surface area contributed by atoms with Crippen molar-refractivity contribution in [1.82, 2.24) is 15.1 Å². The van der Waals surface area contributed by atoms with E-state index in [0.717, 1.165) is 73.5 Å². The van der Waals surface area contributed by atoms with Crippen LogP contribution in [0.3, 0.4) is 0 Å². The summed E-state index contributed by atoms with van der Waals surface area (Å²) in [6.45, 7) is 6.56. The lowest BCUT2D eigenvalue weighted by Gasteiger charge is -2.36. The van der Waals surface area contributed by atoms with Gasteiger partial charge in [-0.3, -0.25) is 9.48 Å². The van der Waals surface area contributed by atoms with E-state index in [9.17, 15) is 4.79 Å². The van der Waals surface area contributed by atoms with Crippen LogP contribution in [0.25, 0.3) is 11.3 Å². The van der Waals surface area contributed by atoms with Gasteiger partial charge in [-0.1, -0.05) is 12.1 Å². The first kappa shape index (κ1) is 21.9. The van der Waals surface area contributed by atoms with Crippen molar-refractivity contribution >= 4 is 17.7 Å². The number of aromatic nitrogens is 2. The molecule has 172 valence electrons. The van der Waals surface area contributed by atoms with Gasteiger partial charge in [0, 0.05) is 40.7 Å². The lowest BCUT2D eigenvalue weighted by Crippen LogP contribution is -2.51. The zero-order chi connectivity index (χ0) is 22.3. The van der Waals surface area contributed by atoms with Crippen LogP contribution in [-0.2, 0) is 17.6 Å². The molecule has 1 saturated carbocycles. The Morgan fingerprint density at radius 2 is 2.03 bits per heavy atom. The largest absolute Gasteiger partial charge is 0.490 e. The zero-order valence-electron chi connectivity index (χ0n) is 19.5. The van der Waals surface area contributed by atoms with Crippen molar-refractivity contribution in [2.24, 2.45) is 5.92 Å². The molecule has 1 atom stereocenters. The second-order valence-electron chi connectivity index (χ2n) is 10.3. The molecule has 0 spiro atoms. The molecule has 2 aromatic rings. The molecule has 1 aliphatic heterocycles. The minimum atomic E-state index is -0.0476. The van der Waals surface area contributed by atoms with Gasteiger partial charge in [0.1, 0.15) is 5.75 Å². The zero-order valence-corrected chi connectivity index (χ0v) is 20.3. The van der Waals surface area contributed by atoms with Crippen LogP contribution in [-0.4, -0.2) is 38.8 Å². The van der Waals surface area contributed by atoms with Gasteiger partial charge in [-0.2, -0.15) is 16.9 Å². The van der Waals surface area contributed by atoms with E-state index >= 15 is 0 Å². The Hall–Kier alpha value is -1.95. The van der Waals surface area contributed by atoms with E-state index in [2.05, 4.69) is 49.0 Å². The van der Waals surface area contributed by atoms with Gasteiger partial charge in [0.05, 0.1) is 11.8 Å². The SMILES string of the molecule is CC(C)n1nc(-c2cccc(OC3CC3)c2)c2c1CC(C(=O)NC1(C)CCSCC1)CC2. The quantitative estimate of drug-likeness (QED) is 0.655. The Balaban J connectivity index is 1.38. The van der Waals surface area contributed by atoms with E-state index in [-0.39, 0.29) is 23.4 Å². The number of benzene rings is 1. The Labute approximate surface area is 195 Å². The first-order chi connectivity index (χ1) is 15.4. The predicted molar refractivity (Wildman–Crippen MR) is 130 cm³/mol. The van der Waals surface area contributed by atoms with Gasteiger partial charge >= 0.3 is 0 Å². The van der Waals surface area contributed by atoms with E-state index in [1.54, 1.807) is 0 Å². The molecule has 2 fully saturated rings. The van der Waals surface area contributed by atoms with Gasteiger partial charge in [-0.15, -0.1) is 0 Å². The molecule has 2 heterocycles. The van der Waals surface area contributed by atoms with Crippen molar-refractivity contribution < 1.29 is 9.53 Å². The number of nitrogens with zero attached hydrogens (tertiary/aromatic N) is 2. The van der Waals surface area contributed by atoms with E-state index < -0.39 is 0 Å². The fourth-order valence-electron chi connectivity index (χ4n) is 4.96. The highest BCUT2D eigenvalue weighted by molar-refractivity contribution is 7.99. The number of carbonyl (C=O) groups is 1. The van der Waals surface area contributed by atoms with Crippen molar-refractivity contribution in [2.75, 3.05) is 11.5 Å². The molecule has 1 unspecified atom stereocenters. The average Bonchev–Trinajstić information content (AvgIpc) is 3.50. The standard InChI is InChI=1S/C26H35N3O2S/c1-17(2)29-23-16-19(25(30)27-26(3)11-13-32-14-12-26)7-10-22(23)24(28-29)18-5-4-6-21(15-18)31-20-8-9-20/h4-6,15,17,19-20H,7-14,16H2,1-3H3,(H,27,30). The molecule has 1 N–H and O–H groups in total. The maximum Gasteiger partial charge on any atom is 0.223 e. The summed E-state index contributed by atoms with van der Waals surface area (Å²) in [6, 6.07) is 8.63. The van der Waals surface area contributed by atoms with Crippen LogP contribution < -0.4 is 10.1 Å². The molecule has 1 amide bonds. The van der Waals surface area contributed by atoms with Crippen LogP contribution in [0.5, 0.6) is 5.75 Å². The molecule has 5 nitrogen and oxygen atoms in total. The maximum atomic E-state index is 13.2. The van der Waals surface area contributed by atoms with Crippen molar-refractivity contribution in [3.8, 4) is 17.0 Å². The summed E-state index contributed by atoms with van der Waals surface area (Å²) < 4.78 is 8.18. The van der Waals surface area contributed by atoms with Gasteiger partial charge in [-0.25, -0.2) is 0 Å². The summed E-state index contributed by atoms with van der Waals surface area (Å²) in [4.78, 5) is 13.2. The van der Waals surface area contributed by atoms with Crippen LogP contribution >= 0.6 is 11.8 Å². The summed E-state index contributed by atoms with van der Waals surface area (Å²) in [6.07, 6.45) is 7.38. The third-order valence-corrected chi connectivity index (χ3v) is 8.10. The molecule has 1 aromatic carbocycles. The van der Waals surface area contributed by atoms with Crippen molar-refractivity contribution in [1.29, 1.82) is 0 Å². The molecule has 1 saturated heterocycles. The van der Waals surface area contributed by atoms with E-state index in [1.807, 2.05) is 17.8 Å². The first-order valence-electron chi connectivity index (χ1n) is 12.2. The normalized spacial score (nSPS) is 22.4. The van der Waals surface area contributed by atoms with E-state index in [0.29, 0.717) is 6.10 Å². The van der Waals surface area contributed by atoms with Gasteiger partial charge < -0.3 is 10.1 Å². The lowest BCUT2D eigenvalue weighted by molar-refractivity contribution is -0.127. The molecule has 6 heteroatoms. The summed E-state index contributed by atoms with van der Waals surface area (Å²) in [7, 11) is 0. The number of carbonyl (C=O) groups excluding carboxylic acids is 1. The molecule has 0 radical (unpaired) electrons. The van der Waals surface area contributed by atoms with Gasteiger partial charge in [0.2, 0.25) is 5.91 Å². The second kappa shape index (κ2) is 8.77. The highest BCUT2D eigenvalue weighted by Gasteiger charge is 2.35. The van der Waals surface area contributed by atoms with Crippen molar-refractivity contribution in [3.63, 3.8) is 0 Å². The number of thioether (sulfide) groups is 1. The highest BCUT2D eigenvalue weighted by Crippen LogP contribution is 2.37. The number of rotatable bonds is 6. The molecule has 32 heavy (non-hydrogen) atoms. The third kappa shape index (κ3) is 4.57. The summed E-state index contributed by atoms with van der Waals surface area (Å²) in [5.74, 6) is 3.46. The Morgan fingerprint density at radius 3 is 2.75 bits per heavy atom. The Bertz CT molecular complexity index is 989. The van der Waals surface area contributed by atoms with Gasteiger partial charge in [-0.05, 0) is 82.9 Å². The number of hydrogen-bond donors (Lipinski definition) is 1. The van der Waals surface area contributed by atoms with Crippen LogP contribution in [0.15, 0.2) is 24.3 Å². The number of fused-ring (bicyclic) bond motifs is 1. The summed E-state index contributed by atoms with van der Waals surface area (Å²) in [5.41, 5.74) is 4.68. The monoisotopic (exact) mass is 453 g/mol. The third-order valence-electron chi connectivity index (χ3n) is 7.12. The van der Waals surface area contributed by atoms with Crippen LogP contribution in [0, 0.1) is 5.92 Å². The molecule has 1 aromatic heterocycles. The Kier molecular flexibility index (Phi) is 5.99. The smallest absolute Gasteiger partial charge is 0.223 e. The van der Waals surface area contributed by atoms with Crippen molar-refractivity contribution in [3.05, 3.63) is 35.5 Å². The summed E-state index contributed by atoms with van der Waals surface area (Å²) >= 11 is 1.99. The highest BCUT2D eigenvalue weighted by atomic mass is 32.2. The molecule has 3 aliphatic rings. The average molecular weight is 454 g/mol. The number of ether oxygens (including phenoxy) is 1. The van der Waals surface area contributed by atoms with Crippen LogP contribution in [0.4, 0.5) is 0 Å². The maximum absolute atomic E-state index is 13.2.